The first kappa shape index (κ1) is 14.7. The molecule has 0 fully saturated rings. The lowest BCUT2D eigenvalue weighted by atomic mass is 10.0. The molecule has 0 amide bonds. The minimum Gasteiger partial charge on any atom is -0.394 e. The number of alkyl halides is 1. The van der Waals surface area contributed by atoms with E-state index in [1.165, 1.54) is 0 Å². The summed E-state index contributed by atoms with van der Waals surface area (Å²) in [7, 11) is 0. The first-order valence-corrected chi connectivity index (χ1v) is 5.26. The maximum Gasteiger partial charge on any atom is 0.155 e. The van der Waals surface area contributed by atoms with Crippen LogP contribution in [0.1, 0.15) is 0 Å². The summed E-state index contributed by atoms with van der Waals surface area (Å²) in [5.41, 5.74) is 0. The van der Waals surface area contributed by atoms with Gasteiger partial charge in [-0.05, 0) is 0 Å². The lowest BCUT2D eigenvalue weighted by molar-refractivity contribution is -0.123. The van der Waals surface area contributed by atoms with Gasteiger partial charge in [0.05, 0.1) is 6.61 Å². The van der Waals surface area contributed by atoms with Gasteiger partial charge in [0.2, 0.25) is 0 Å². The lowest BCUT2D eigenvalue weighted by Crippen LogP contribution is -2.48. The number of rotatable bonds is 6. The average molecular weight is 340 g/mol. The summed E-state index contributed by atoms with van der Waals surface area (Å²) in [5.74, 6) is 0. The van der Waals surface area contributed by atoms with E-state index in [4.69, 9.17) is 10.2 Å². The summed E-state index contributed by atoms with van der Waals surface area (Å²) < 4.78 is 4.46. The fraction of sp³-hybridized carbons (Fsp3) is 1.00. The maximum atomic E-state index is 9.30. The molecule has 0 saturated carbocycles. The molecule has 8 heteroatoms. The Hall–Kier alpha value is 0.720. The fourth-order valence-electron chi connectivity index (χ4n) is 0.745. The normalized spacial score (nSPS) is 22.5. The van der Waals surface area contributed by atoms with Crippen molar-refractivity contribution in [2.45, 2.75) is 29.4 Å². The standard InChI is InChI=1S/C6H12Br2O6/c7-6(14-8)5(13)4(12)3(11)2(10)1-9/h2-6,9-13H,1H2/t2-,3+,4+,5-,6?/m1/s1. The van der Waals surface area contributed by atoms with Crippen LogP contribution < -0.4 is 0 Å². The van der Waals surface area contributed by atoms with E-state index in [0.717, 1.165) is 0 Å². The summed E-state index contributed by atoms with van der Waals surface area (Å²) in [6.45, 7) is -0.715. The summed E-state index contributed by atoms with van der Waals surface area (Å²) in [4.78, 5) is 0. The molecule has 0 aliphatic carbocycles. The van der Waals surface area contributed by atoms with Crippen LogP contribution in [-0.2, 0) is 3.83 Å². The highest BCUT2D eigenvalue weighted by atomic mass is 79.9. The summed E-state index contributed by atoms with van der Waals surface area (Å²) in [6.07, 6.45) is -6.27. The topological polar surface area (TPSA) is 110 Å². The molecular formula is C6H12Br2O6. The molecule has 0 aromatic carbocycles. The minimum atomic E-state index is -1.65. The van der Waals surface area contributed by atoms with E-state index in [2.05, 4.69) is 36.0 Å². The van der Waals surface area contributed by atoms with Gasteiger partial charge >= 0.3 is 0 Å². The third-order valence-electron chi connectivity index (χ3n) is 1.63. The first-order chi connectivity index (χ1) is 6.45. The molecule has 0 spiro atoms. The molecule has 0 saturated heterocycles. The van der Waals surface area contributed by atoms with Gasteiger partial charge in [-0.2, -0.15) is 0 Å². The Morgan fingerprint density at radius 2 is 1.50 bits per heavy atom. The Balaban J connectivity index is 4.22. The Bertz CT molecular complexity index is 143. The van der Waals surface area contributed by atoms with Gasteiger partial charge in [-0.15, -0.1) is 0 Å². The van der Waals surface area contributed by atoms with Crippen molar-refractivity contribution in [1.82, 2.24) is 0 Å². The van der Waals surface area contributed by atoms with Gasteiger partial charge in [0, 0.05) is 0 Å². The van der Waals surface area contributed by atoms with Crippen LogP contribution in [0.2, 0.25) is 0 Å². The van der Waals surface area contributed by atoms with Crippen molar-refractivity contribution in [2.24, 2.45) is 0 Å². The SMILES string of the molecule is OC[C@@H](O)[C@H](O)[C@H](O)[C@@H](O)C(Br)OBr. The van der Waals surface area contributed by atoms with Gasteiger partial charge in [-0.1, -0.05) is 15.9 Å². The molecule has 14 heavy (non-hydrogen) atoms. The predicted molar refractivity (Wildman–Crippen MR) is 53.8 cm³/mol. The second-order valence-corrected chi connectivity index (χ2v) is 3.94. The molecule has 0 bridgehead atoms. The molecule has 0 rings (SSSR count). The zero-order valence-electron chi connectivity index (χ0n) is 6.99. The summed E-state index contributed by atoms with van der Waals surface area (Å²) in [6, 6.07) is 0. The highest BCUT2D eigenvalue weighted by Gasteiger charge is 2.34. The van der Waals surface area contributed by atoms with Gasteiger partial charge in [-0.3, -0.25) is 3.83 Å². The lowest BCUT2D eigenvalue weighted by Gasteiger charge is -2.27. The van der Waals surface area contributed by atoms with Crippen LogP contribution >= 0.6 is 32.2 Å². The Morgan fingerprint density at radius 3 is 1.86 bits per heavy atom. The van der Waals surface area contributed by atoms with Crippen LogP contribution in [0, 0.1) is 0 Å². The van der Waals surface area contributed by atoms with Gasteiger partial charge in [-0.25, -0.2) is 0 Å². The number of hydrogen-bond donors (Lipinski definition) is 5. The van der Waals surface area contributed by atoms with Crippen molar-refractivity contribution in [2.75, 3.05) is 6.61 Å². The third kappa shape index (κ3) is 4.07. The molecule has 5 N–H and O–H groups in total. The van der Waals surface area contributed by atoms with E-state index in [1.54, 1.807) is 0 Å². The molecule has 0 aromatic heterocycles. The van der Waals surface area contributed by atoms with Crippen molar-refractivity contribution in [3.8, 4) is 0 Å². The zero-order valence-corrected chi connectivity index (χ0v) is 10.2. The maximum absolute atomic E-state index is 9.30. The average Bonchev–Trinajstić information content (AvgIpc) is 2.23. The van der Waals surface area contributed by atoms with E-state index in [9.17, 15) is 15.3 Å². The van der Waals surface area contributed by atoms with Crippen LogP contribution in [0.3, 0.4) is 0 Å². The quantitative estimate of drug-likeness (QED) is 0.376. The fourth-order valence-corrected chi connectivity index (χ4v) is 1.28. The van der Waals surface area contributed by atoms with E-state index in [1.807, 2.05) is 0 Å². The van der Waals surface area contributed by atoms with Gasteiger partial charge in [0.15, 0.2) is 5.01 Å². The molecule has 0 aromatic rings. The Kier molecular flexibility index (Phi) is 7.43. The van der Waals surface area contributed by atoms with Crippen LogP contribution in [-0.4, -0.2) is 61.6 Å². The van der Waals surface area contributed by atoms with Gasteiger partial charge < -0.3 is 25.5 Å². The predicted octanol–water partition coefficient (Wildman–Crippen LogP) is -1.53. The summed E-state index contributed by atoms with van der Waals surface area (Å²) >= 11 is 5.42. The van der Waals surface area contributed by atoms with Crippen molar-refractivity contribution in [3.63, 3.8) is 0 Å². The van der Waals surface area contributed by atoms with Crippen LogP contribution in [0.5, 0.6) is 0 Å². The highest BCUT2D eigenvalue weighted by molar-refractivity contribution is 9.10. The monoisotopic (exact) mass is 338 g/mol. The summed E-state index contributed by atoms with van der Waals surface area (Å²) in [5, 5.41) is 44.3. The van der Waals surface area contributed by atoms with Crippen molar-refractivity contribution in [3.05, 3.63) is 0 Å². The van der Waals surface area contributed by atoms with Crippen molar-refractivity contribution >= 4 is 32.2 Å². The molecule has 0 aliphatic rings. The second kappa shape index (κ2) is 7.07. The molecule has 1 unspecified atom stereocenters. The highest BCUT2D eigenvalue weighted by Crippen LogP contribution is 2.16. The van der Waals surface area contributed by atoms with Crippen molar-refractivity contribution in [1.29, 1.82) is 0 Å². The molecular weight excluding hydrogens is 328 g/mol. The van der Waals surface area contributed by atoms with Crippen molar-refractivity contribution < 1.29 is 29.4 Å². The van der Waals surface area contributed by atoms with E-state index in [0.29, 0.717) is 0 Å². The minimum absolute atomic E-state index is 0.715. The number of halogens is 2. The van der Waals surface area contributed by atoms with Crippen LogP contribution in [0.15, 0.2) is 0 Å². The second-order valence-electron chi connectivity index (χ2n) is 2.66. The van der Waals surface area contributed by atoms with E-state index in [-0.39, 0.29) is 0 Å². The number of aliphatic hydroxyl groups excluding tert-OH is 5. The largest absolute Gasteiger partial charge is 0.394 e. The number of aliphatic hydroxyl groups is 5. The third-order valence-corrected chi connectivity index (χ3v) is 3.27. The van der Waals surface area contributed by atoms with E-state index < -0.39 is 36.0 Å². The van der Waals surface area contributed by atoms with Crippen LogP contribution in [0.4, 0.5) is 0 Å². The Morgan fingerprint density at radius 1 is 1.00 bits per heavy atom. The van der Waals surface area contributed by atoms with Crippen LogP contribution in [0.25, 0.3) is 0 Å². The Labute approximate surface area is 97.7 Å². The molecule has 0 heterocycles. The zero-order chi connectivity index (χ0) is 11.3. The molecule has 0 radical (unpaired) electrons. The smallest absolute Gasteiger partial charge is 0.155 e. The molecule has 6 nitrogen and oxygen atoms in total. The van der Waals surface area contributed by atoms with Gasteiger partial charge in [0.1, 0.15) is 40.7 Å². The number of hydrogen-bond acceptors (Lipinski definition) is 6. The molecule has 86 valence electrons. The molecule has 5 atom stereocenters. The molecule has 0 aliphatic heterocycles. The first-order valence-electron chi connectivity index (χ1n) is 3.70. The van der Waals surface area contributed by atoms with Gasteiger partial charge in [0.25, 0.3) is 0 Å². The van der Waals surface area contributed by atoms with E-state index >= 15 is 0 Å².